The molecule has 1 unspecified atom stereocenters. The first-order valence-electron chi connectivity index (χ1n) is 5.78. The summed E-state index contributed by atoms with van der Waals surface area (Å²) in [5.41, 5.74) is 6.62. The van der Waals surface area contributed by atoms with Crippen molar-refractivity contribution in [2.45, 2.75) is 32.4 Å². The largest absolute Gasteiger partial charge is 0.496 e. The number of hydrogen-bond donors (Lipinski definition) is 2. The zero-order chi connectivity index (χ0) is 13.0. The molecule has 1 rings (SSSR count). The van der Waals surface area contributed by atoms with Gasteiger partial charge in [-0.25, -0.2) is 4.39 Å². The molecule has 0 aromatic heterocycles. The van der Waals surface area contributed by atoms with Gasteiger partial charge in [-0.05, 0) is 12.0 Å². The molecule has 0 spiro atoms. The molecule has 0 amide bonds. The van der Waals surface area contributed by atoms with Crippen molar-refractivity contribution in [1.29, 1.82) is 0 Å². The van der Waals surface area contributed by atoms with Gasteiger partial charge in [-0.1, -0.05) is 26.3 Å². The number of aliphatic hydroxyl groups excluding tert-OH is 1. The average molecular weight is 241 g/mol. The van der Waals surface area contributed by atoms with Crippen molar-refractivity contribution in [3.05, 3.63) is 29.6 Å². The van der Waals surface area contributed by atoms with E-state index in [0.29, 0.717) is 11.3 Å². The van der Waals surface area contributed by atoms with Crippen LogP contribution < -0.4 is 10.5 Å². The summed E-state index contributed by atoms with van der Waals surface area (Å²) < 4.78 is 18.1. The van der Waals surface area contributed by atoms with Gasteiger partial charge in [0.05, 0.1) is 19.3 Å². The van der Waals surface area contributed by atoms with Crippen LogP contribution in [0.3, 0.4) is 0 Å². The number of ether oxygens (including phenoxy) is 1. The van der Waals surface area contributed by atoms with Gasteiger partial charge < -0.3 is 15.6 Å². The molecule has 0 aliphatic heterocycles. The molecule has 1 aromatic carbocycles. The molecule has 0 fully saturated rings. The Hall–Kier alpha value is -1.13. The fraction of sp³-hybridized carbons (Fsp3) is 0.538. The molecule has 3 nitrogen and oxygen atoms in total. The Morgan fingerprint density at radius 1 is 1.47 bits per heavy atom. The SMILES string of the molecule is CCC(C)[C@H](O)[C@H](N)c1ccc(F)cc1OC. The van der Waals surface area contributed by atoms with Crippen LogP contribution in [-0.4, -0.2) is 18.3 Å². The van der Waals surface area contributed by atoms with Crippen LogP contribution in [0.5, 0.6) is 5.75 Å². The molecule has 3 N–H and O–H groups in total. The highest BCUT2D eigenvalue weighted by Gasteiger charge is 2.24. The Balaban J connectivity index is 2.99. The minimum Gasteiger partial charge on any atom is -0.496 e. The third-order valence-electron chi connectivity index (χ3n) is 3.15. The quantitative estimate of drug-likeness (QED) is 0.831. The highest BCUT2D eigenvalue weighted by molar-refractivity contribution is 5.37. The second-order valence-electron chi connectivity index (χ2n) is 4.29. The van der Waals surface area contributed by atoms with E-state index < -0.39 is 12.1 Å². The molecule has 0 radical (unpaired) electrons. The van der Waals surface area contributed by atoms with Crippen LogP contribution in [0.2, 0.25) is 0 Å². The van der Waals surface area contributed by atoms with Crippen LogP contribution in [0.25, 0.3) is 0 Å². The minimum absolute atomic E-state index is 0.0831. The van der Waals surface area contributed by atoms with Gasteiger partial charge in [0.15, 0.2) is 0 Å². The maximum absolute atomic E-state index is 13.0. The van der Waals surface area contributed by atoms with Gasteiger partial charge in [0.1, 0.15) is 11.6 Å². The van der Waals surface area contributed by atoms with Gasteiger partial charge in [-0.3, -0.25) is 0 Å². The zero-order valence-electron chi connectivity index (χ0n) is 10.5. The summed E-state index contributed by atoms with van der Waals surface area (Å²) in [6.45, 7) is 3.92. The number of hydrogen-bond acceptors (Lipinski definition) is 3. The van der Waals surface area contributed by atoms with E-state index >= 15 is 0 Å². The van der Waals surface area contributed by atoms with E-state index in [1.54, 1.807) is 6.07 Å². The Labute approximate surface area is 101 Å². The maximum Gasteiger partial charge on any atom is 0.126 e. The number of aliphatic hydroxyl groups is 1. The Morgan fingerprint density at radius 3 is 2.65 bits per heavy atom. The highest BCUT2D eigenvalue weighted by Crippen LogP contribution is 2.29. The van der Waals surface area contributed by atoms with Crippen LogP contribution in [0.15, 0.2) is 18.2 Å². The third kappa shape index (κ3) is 3.17. The molecule has 3 atom stereocenters. The van der Waals surface area contributed by atoms with Gasteiger partial charge in [-0.2, -0.15) is 0 Å². The summed E-state index contributed by atoms with van der Waals surface area (Å²) in [5, 5.41) is 10.1. The molecule has 96 valence electrons. The van der Waals surface area contributed by atoms with Crippen molar-refractivity contribution < 1.29 is 14.2 Å². The van der Waals surface area contributed by atoms with Crippen molar-refractivity contribution in [3.63, 3.8) is 0 Å². The summed E-state index contributed by atoms with van der Waals surface area (Å²) in [7, 11) is 1.46. The Bertz CT molecular complexity index is 370. The first kappa shape index (κ1) is 13.9. The summed E-state index contributed by atoms with van der Waals surface area (Å²) >= 11 is 0. The van der Waals surface area contributed by atoms with E-state index in [9.17, 15) is 9.50 Å². The molecule has 0 saturated carbocycles. The number of nitrogens with two attached hydrogens (primary N) is 1. The van der Waals surface area contributed by atoms with Gasteiger partial charge in [0, 0.05) is 11.6 Å². The normalized spacial score (nSPS) is 16.4. The topological polar surface area (TPSA) is 55.5 Å². The van der Waals surface area contributed by atoms with Crippen molar-refractivity contribution in [3.8, 4) is 5.75 Å². The summed E-state index contributed by atoms with van der Waals surface area (Å²) in [6, 6.07) is 3.59. The minimum atomic E-state index is -0.667. The van der Waals surface area contributed by atoms with E-state index in [4.69, 9.17) is 10.5 Å². The van der Waals surface area contributed by atoms with Gasteiger partial charge in [-0.15, -0.1) is 0 Å². The van der Waals surface area contributed by atoms with Crippen molar-refractivity contribution >= 4 is 0 Å². The van der Waals surface area contributed by atoms with E-state index in [0.717, 1.165) is 6.42 Å². The predicted octanol–water partition coefficient (Wildman–Crippen LogP) is 2.24. The molecule has 0 aliphatic rings. The monoisotopic (exact) mass is 241 g/mol. The Morgan fingerprint density at radius 2 is 2.12 bits per heavy atom. The average Bonchev–Trinajstić information content (AvgIpc) is 2.35. The van der Waals surface area contributed by atoms with E-state index in [1.165, 1.54) is 19.2 Å². The molecule has 0 heterocycles. The molecule has 1 aromatic rings. The molecular weight excluding hydrogens is 221 g/mol. The van der Waals surface area contributed by atoms with Gasteiger partial charge in [0.25, 0.3) is 0 Å². The second kappa shape index (κ2) is 5.98. The smallest absolute Gasteiger partial charge is 0.126 e. The first-order chi connectivity index (χ1) is 8.01. The van der Waals surface area contributed by atoms with E-state index in [1.807, 2.05) is 13.8 Å². The van der Waals surface area contributed by atoms with Crippen molar-refractivity contribution in [2.75, 3.05) is 7.11 Å². The third-order valence-corrected chi connectivity index (χ3v) is 3.15. The van der Waals surface area contributed by atoms with Crippen LogP contribution in [0.1, 0.15) is 31.9 Å². The molecule has 17 heavy (non-hydrogen) atoms. The van der Waals surface area contributed by atoms with E-state index in [-0.39, 0.29) is 11.7 Å². The summed E-state index contributed by atoms with van der Waals surface area (Å²) in [5.74, 6) is 0.0791. The number of methoxy groups -OCH3 is 1. The number of halogens is 1. The molecule has 0 saturated heterocycles. The van der Waals surface area contributed by atoms with Crippen LogP contribution >= 0.6 is 0 Å². The summed E-state index contributed by atoms with van der Waals surface area (Å²) in [6.07, 6.45) is 0.164. The van der Waals surface area contributed by atoms with Gasteiger partial charge in [0.2, 0.25) is 0 Å². The molecular formula is C13H20FNO2. The highest BCUT2D eigenvalue weighted by atomic mass is 19.1. The fourth-order valence-corrected chi connectivity index (χ4v) is 1.74. The van der Waals surface area contributed by atoms with E-state index in [2.05, 4.69) is 0 Å². The molecule has 4 heteroatoms. The van der Waals surface area contributed by atoms with Crippen LogP contribution in [-0.2, 0) is 0 Å². The van der Waals surface area contributed by atoms with Crippen LogP contribution in [0, 0.1) is 11.7 Å². The lowest BCUT2D eigenvalue weighted by Gasteiger charge is -2.25. The molecule has 0 bridgehead atoms. The fourth-order valence-electron chi connectivity index (χ4n) is 1.74. The van der Waals surface area contributed by atoms with Crippen molar-refractivity contribution in [2.24, 2.45) is 11.7 Å². The van der Waals surface area contributed by atoms with Crippen LogP contribution in [0.4, 0.5) is 4.39 Å². The first-order valence-corrected chi connectivity index (χ1v) is 5.78. The standard InChI is InChI=1S/C13H20FNO2/c1-4-8(2)13(16)12(15)10-6-5-9(14)7-11(10)17-3/h5-8,12-13,16H,4,15H2,1-3H3/t8?,12-,13+/m1/s1. The zero-order valence-corrected chi connectivity index (χ0v) is 10.5. The number of benzene rings is 1. The van der Waals surface area contributed by atoms with Gasteiger partial charge >= 0.3 is 0 Å². The lowest BCUT2D eigenvalue weighted by molar-refractivity contribution is 0.0870. The predicted molar refractivity (Wildman–Crippen MR) is 65.3 cm³/mol. The van der Waals surface area contributed by atoms with Crippen molar-refractivity contribution in [1.82, 2.24) is 0 Å². The summed E-state index contributed by atoms with van der Waals surface area (Å²) in [4.78, 5) is 0. The molecule has 0 aliphatic carbocycles. The number of rotatable bonds is 5. The second-order valence-corrected chi connectivity index (χ2v) is 4.29. The maximum atomic E-state index is 13.0. The lowest BCUT2D eigenvalue weighted by atomic mass is 9.91. The lowest BCUT2D eigenvalue weighted by Crippen LogP contribution is -2.31. The Kier molecular flexibility index (Phi) is 4.90.